The SMILES string of the molecule is COc1ccc(-c2cc(-c3ccccc3)nc(SCCC(=O)Nc3ccccc3Cl)c2C#N)cc1. The fourth-order valence-corrected chi connectivity index (χ4v) is 4.63. The summed E-state index contributed by atoms with van der Waals surface area (Å²) in [6.07, 6.45) is 0.246. The Labute approximate surface area is 213 Å². The van der Waals surface area contributed by atoms with Crippen LogP contribution in [0.3, 0.4) is 0 Å². The lowest BCUT2D eigenvalue weighted by atomic mass is 9.99. The van der Waals surface area contributed by atoms with E-state index in [1.165, 1.54) is 11.8 Å². The highest BCUT2D eigenvalue weighted by Crippen LogP contribution is 2.35. The van der Waals surface area contributed by atoms with Crippen LogP contribution in [0.15, 0.2) is 90.0 Å². The molecule has 0 saturated carbocycles. The second-order valence-corrected chi connectivity index (χ2v) is 9.06. The quantitative estimate of drug-likeness (QED) is 0.262. The summed E-state index contributed by atoms with van der Waals surface area (Å²) in [5.41, 5.74) is 4.44. The molecule has 0 bridgehead atoms. The molecule has 4 rings (SSSR count). The van der Waals surface area contributed by atoms with Gasteiger partial charge in [0.2, 0.25) is 5.91 Å². The average molecular weight is 500 g/mol. The first kappa shape index (κ1) is 24.3. The van der Waals surface area contributed by atoms with E-state index in [2.05, 4.69) is 11.4 Å². The molecular weight excluding hydrogens is 478 g/mol. The van der Waals surface area contributed by atoms with Crippen LogP contribution in [0.5, 0.6) is 5.75 Å². The van der Waals surface area contributed by atoms with E-state index < -0.39 is 0 Å². The Bertz CT molecular complexity index is 1370. The minimum Gasteiger partial charge on any atom is -0.497 e. The number of methoxy groups -OCH3 is 1. The van der Waals surface area contributed by atoms with Crippen molar-refractivity contribution in [1.29, 1.82) is 5.26 Å². The number of nitriles is 1. The zero-order valence-electron chi connectivity index (χ0n) is 19.0. The number of ether oxygens (including phenoxy) is 1. The maximum Gasteiger partial charge on any atom is 0.225 e. The van der Waals surface area contributed by atoms with Crippen LogP contribution < -0.4 is 10.1 Å². The number of rotatable bonds is 8. The predicted molar refractivity (Wildman–Crippen MR) is 142 cm³/mol. The maximum atomic E-state index is 12.5. The zero-order chi connectivity index (χ0) is 24.6. The molecule has 0 fully saturated rings. The van der Waals surface area contributed by atoms with Gasteiger partial charge in [0, 0.05) is 23.3 Å². The van der Waals surface area contributed by atoms with Gasteiger partial charge in [0.25, 0.3) is 0 Å². The minimum atomic E-state index is -0.154. The second kappa shape index (κ2) is 11.6. The van der Waals surface area contributed by atoms with Crippen molar-refractivity contribution in [1.82, 2.24) is 4.98 Å². The number of thioether (sulfide) groups is 1. The minimum absolute atomic E-state index is 0.154. The highest BCUT2D eigenvalue weighted by Gasteiger charge is 2.17. The Kier molecular flexibility index (Phi) is 8.04. The standard InChI is InChI=1S/C28H22ClN3O2S/c1-34-21-13-11-19(12-14-21)22-17-26(20-7-3-2-4-8-20)32-28(23(22)18-30)35-16-15-27(33)31-25-10-6-5-9-24(25)29/h2-14,17H,15-16H2,1H3,(H,31,33). The molecule has 7 heteroatoms. The molecule has 1 amide bonds. The summed E-state index contributed by atoms with van der Waals surface area (Å²) in [6.45, 7) is 0. The van der Waals surface area contributed by atoms with Crippen molar-refractivity contribution in [2.75, 3.05) is 18.2 Å². The first-order valence-corrected chi connectivity index (χ1v) is 12.3. The lowest BCUT2D eigenvalue weighted by molar-refractivity contribution is -0.115. The molecule has 4 aromatic rings. The van der Waals surface area contributed by atoms with E-state index in [1.807, 2.05) is 72.8 Å². The predicted octanol–water partition coefficient (Wildman–Crippen LogP) is 7.07. The summed E-state index contributed by atoms with van der Waals surface area (Å²) < 4.78 is 5.28. The van der Waals surface area contributed by atoms with E-state index in [1.54, 1.807) is 19.2 Å². The summed E-state index contributed by atoms with van der Waals surface area (Å²) >= 11 is 7.52. The van der Waals surface area contributed by atoms with E-state index in [-0.39, 0.29) is 12.3 Å². The highest BCUT2D eigenvalue weighted by atomic mass is 35.5. The normalized spacial score (nSPS) is 10.4. The number of hydrogen-bond acceptors (Lipinski definition) is 5. The Hall–Kier alpha value is -3.79. The molecule has 35 heavy (non-hydrogen) atoms. The number of para-hydroxylation sites is 1. The number of nitrogens with one attached hydrogen (secondary N) is 1. The third kappa shape index (κ3) is 6.02. The van der Waals surface area contributed by atoms with Gasteiger partial charge in [-0.25, -0.2) is 4.98 Å². The van der Waals surface area contributed by atoms with Gasteiger partial charge in [-0.2, -0.15) is 5.26 Å². The van der Waals surface area contributed by atoms with Gasteiger partial charge >= 0.3 is 0 Å². The van der Waals surface area contributed by atoms with Crippen LogP contribution in [0, 0.1) is 11.3 Å². The van der Waals surface area contributed by atoms with Crippen molar-refractivity contribution in [2.45, 2.75) is 11.4 Å². The van der Waals surface area contributed by atoms with E-state index in [9.17, 15) is 10.1 Å². The monoisotopic (exact) mass is 499 g/mol. The number of amides is 1. The Morgan fingerprint density at radius 1 is 1.03 bits per heavy atom. The van der Waals surface area contributed by atoms with Gasteiger partial charge in [-0.1, -0.05) is 66.2 Å². The molecular formula is C28H22ClN3O2S. The van der Waals surface area contributed by atoms with E-state index >= 15 is 0 Å². The molecule has 1 aromatic heterocycles. The first-order chi connectivity index (χ1) is 17.1. The molecule has 0 aliphatic heterocycles. The van der Waals surface area contributed by atoms with Gasteiger partial charge in [-0.3, -0.25) is 4.79 Å². The highest BCUT2D eigenvalue weighted by molar-refractivity contribution is 7.99. The van der Waals surface area contributed by atoms with Crippen LogP contribution in [-0.4, -0.2) is 23.8 Å². The molecule has 0 aliphatic carbocycles. The molecule has 5 nitrogen and oxygen atoms in total. The summed E-state index contributed by atoms with van der Waals surface area (Å²) in [6, 6.07) is 28.8. The fourth-order valence-electron chi connectivity index (χ4n) is 3.50. The third-order valence-electron chi connectivity index (χ3n) is 5.28. The van der Waals surface area contributed by atoms with Crippen LogP contribution in [-0.2, 0) is 4.79 Å². The summed E-state index contributed by atoms with van der Waals surface area (Å²) in [4.78, 5) is 17.3. The van der Waals surface area contributed by atoms with Gasteiger partial charge in [-0.05, 0) is 35.9 Å². The summed E-state index contributed by atoms with van der Waals surface area (Å²) in [7, 11) is 1.62. The molecule has 0 unspecified atom stereocenters. The summed E-state index contributed by atoms with van der Waals surface area (Å²) in [5.74, 6) is 1.04. The van der Waals surface area contributed by atoms with Crippen LogP contribution >= 0.6 is 23.4 Å². The van der Waals surface area contributed by atoms with Crippen molar-refractivity contribution in [3.8, 4) is 34.2 Å². The van der Waals surface area contributed by atoms with Crippen molar-refractivity contribution in [2.24, 2.45) is 0 Å². The number of pyridine rings is 1. The lowest BCUT2D eigenvalue weighted by Crippen LogP contribution is -2.12. The lowest BCUT2D eigenvalue weighted by Gasteiger charge is -2.13. The smallest absolute Gasteiger partial charge is 0.225 e. The maximum absolute atomic E-state index is 12.5. The Morgan fingerprint density at radius 3 is 2.43 bits per heavy atom. The van der Waals surface area contributed by atoms with Crippen molar-refractivity contribution < 1.29 is 9.53 Å². The number of halogens is 1. The van der Waals surface area contributed by atoms with E-state index in [0.29, 0.717) is 27.1 Å². The van der Waals surface area contributed by atoms with Crippen LogP contribution in [0.4, 0.5) is 5.69 Å². The first-order valence-electron chi connectivity index (χ1n) is 10.9. The number of benzene rings is 3. The topological polar surface area (TPSA) is 75.0 Å². The van der Waals surface area contributed by atoms with E-state index in [4.69, 9.17) is 21.3 Å². The number of aromatic nitrogens is 1. The molecule has 1 N–H and O–H groups in total. The zero-order valence-corrected chi connectivity index (χ0v) is 20.6. The van der Waals surface area contributed by atoms with Crippen LogP contribution in [0.25, 0.3) is 22.4 Å². The van der Waals surface area contributed by atoms with Gasteiger partial charge in [0.05, 0.1) is 29.1 Å². The molecule has 0 saturated heterocycles. The number of hydrogen-bond donors (Lipinski definition) is 1. The molecule has 174 valence electrons. The fraction of sp³-hybridized carbons (Fsp3) is 0.107. The molecule has 0 atom stereocenters. The average Bonchev–Trinajstić information content (AvgIpc) is 2.90. The molecule has 0 aliphatic rings. The third-order valence-corrected chi connectivity index (χ3v) is 6.59. The van der Waals surface area contributed by atoms with E-state index in [0.717, 1.165) is 28.1 Å². The number of carbonyl (C=O) groups excluding carboxylic acids is 1. The van der Waals surface area contributed by atoms with Gasteiger partial charge in [0.15, 0.2) is 0 Å². The number of nitrogens with zero attached hydrogens (tertiary/aromatic N) is 2. The molecule has 1 heterocycles. The molecule has 3 aromatic carbocycles. The van der Waals surface area contributed by atoms with Crippen molar-refractivity contribution in [3.63, 3.8) is 0 Å². The molecule has 0 radical (unpaired) electrons. The van der Waals surface area contributed by atoms with Gasteiger partial charge < -0.3 is 10.1 Å². The Balaban J connectivity index is 1.61. The second-order valence-electron chi connectivity index (χ2n) is 7.57. The van der Waals surface area contributed by atoms with Gasteiger partial charge in [-0.15, -0.1) is 11.8 Å². The summed E-state index contributed by atoms with van der Waals surface area (Å²) in [5, 5.41) is 13.9. The Morgan fingerprint density at radius 2 is 1.74 bits per heavy atom. The number of anilines is 1. The largest absolute Gasteiger partial charge is 0.497 e. The number of carbonyl (C=O) groups is 1. The van der Waals surface area contributed by atoms with Crippen LogP contribution in [0.1, 0.15) is 12.0 Å². The van der Waals surface area contributed by atoms with Gasteiger partial charge in [0.1, 0.15) is 16.8 Å². The van der Waals surface area contributed by atoms with Crippen molar-refractivity contribution in [3.05, 3.63) is 95.5 Å². The van der Waals surface area contributed by atoms with Crippen LogP contribution in [0.2, 0.25) is 5.02 Å². The van der Waals surface area contributed by atoms with Crippen molar-refractivity contribution >= 4 is 35.0 Å². The molecule has 0 spiro atoms.